The van der Waals surface area contributed by atoms with Gasteiger partial charge >= 0.3 is 0 Å². The molecule has 0 unspecified atom stereocenters. The molecule has 1 nitrogen and oxygen atoms in total. The number of rotatable bonds is 8. The van der Waals surface area contributed by atoms with Crippen LogP contribution in [0.15, 0.2) is 84.7 Å². The van der Waals surface area contributed by atoms with Crippen LogP contribution in [0, 0.1) is 0 Å². The topological polar surface area (TPSA) is 20.2 Å². The van der Waals surface area contributed by atoms with Crippen molar-refractivity contribution in [2.45, 2.75) is 26.7 Å². The van der Waals surface area contributed by atoms with Crippen LogP contribution in [0.1, 0.15) is 37.8 Å². The van der Waals surface area contributed by atoms with Crippen molar-refractivity contribution in [3.63, 3.8) is 0 Å². The Morgan fingerprint density at radius 2 is 1.45 bits per heavy atom. The third kappa shape index (κ3) is 5.10. The summed E-state index contributed by atoms with van der Waals surface area (Å²) in [5, 5.41) is 12.8. The van der Waals surface area contributed by atoms with Gasteiger partial charge in [0.25, 0.3) is 0 Å². The van der Waals surface area contributed by atoms with Crippen LogP contribution >= 0.6 is 18.9 Å². The van der Waals surface area contributed by atoms with Gasteiger partial charge in [-0.15, -0.1) is 0 Å². The molecule has 0 radical (unpaired) electrons. The van der Waals surface area contributed by atoms with Gasteiger partial charge in [0.05, 0.1) is 30.7 Å². The summed E-state index contributed by atoms with van der Waals surface area (Å²) in [7, 11) is -1.59. The van der Waals surface area contributed by atoms with Crippen LogP contribution < -0.4 is 5.30 Å². The lowest BCUT2D eigenvalue weighted by Crippen LogP contribution is -2.16. The molecule has 3 aromatic carbocycles. The van der Waals surface area contributed by atoms with Crippen LogP contribution in [-0.4, -0.2) is 17.4 Å². The van der Waals surface area contributed by atoms with E-state index < -0.39 is 7.26 Å². The van der Waals surface area contributed by atoms with E-state index in [1.807, 2.05) is 24.3 Å². The second-order valence-electron chi connectivity index (χ2n) is 7.39. The summed E-state index contributed by atoms with van der Waals surface area (Å²) in [4.78, 5) is 0. The van der Waals surface area contributed by atoms with Crippen LogP contribution in [0.4, 0.5) is 0 Å². The maximum atomic E-state index is 10.7. The zero-order chi connectivity index (χ0) is 20.7. The Hall–Kier alpha value is -2.08. The van der Waals surface area contributed by atoms with Crippen LogP contribution in [0.3, 0.4) is 0 Å². The average molecular weight is 424 g/mol. The molecule has 3 rings (SSSR count). The first-order chi connectivity index (χ1) is 14.1. The molecule has 0 aromatic heterocycles. The number of hydrogen-bond acceptors (Lipinski definition) is 1. The zero-order valence-corrected chi connectivity index (χ0v) is 18.8. The van der Waals surface area contributed by atoms with Crippen LogP contribution in [0.2, 0.25) is 5.02 Å². The fourth-order valence-electron chi connectivity index (χ4n) is 3.98. The summed E-state index contributed by atoms with van der Waals surface area (Å²) in [6.07, 6.45) is 4.57. The van der Waals surface area contributed by atoms with Gasteiger partial charge in [0.2, 0.25) is 0 Å². The van der Waals surface area contributed by atoms with Crippen molar-refractivity contribution in [1.82, 2.24) is 0 Å². The van der Waals surface area contributed by atoms with E-state index in [9.17, 15) is 5.11 Å². The molecular weight excluding hydrogens is 395 g/mol. The van der Waals surface area contributed by atoms with Crippen molar-refractivity contribution in [1.29, 1.82) is 0 Å². The highest BCUT2D eigenvalue weighted by Crippen LogP contribution is 2.62. The second-order valence-corrected chi connectivity index (χ2v) is 11.6. The normalized spacial score (nSPS) is 12.2. The highest BCUT2D eigenvalue weighted by atomic mass is 35.5. The minimum absolute atomic E-state index is 0.267. The Labute approximate surface area is 180 Å². The monoisotopic (exact) mass is 423 g/mol. The maximum Gasteiger partial charge on any atom is 0.123 e. The highest BCUT2D eigenvalue weighted by Gasteiger charge is 2.37. The number of phenolic OH excluding ortho intramolecular Hbond substituents is 1. The molecule has 0 aliphatic carbocycles. The summed E-state index contributed by atoms with van der Waals surface area (Å²) in [5.41, 5.74) is 2.98. The molecule has 0 fully saturated rings. The van der Waals surface area contributed by atoms with Gasteiger partial charge in [0.15, 0.2) is 0 Å². The Morgan fingerprint density at radius 1 is 0.862 bits per heavy atom. The van der Waals surface area contributed by atoms with Crippen molar-refractivity contribution in [2.24, 2.45) is 0 Å². The number of aromatic hydroxyl groups is 1. The Bertz CT molecular complexity index is 945. The van der Waals surface area contributed by atoms with Gasteiger partial charge in [-0.2, -0.15) is 0 Å². The standard InChI is InChI=1S/C26H28ClOP/c1-3-17-29(18-4-2,23-13-9-6-10-14-23)20-25(21-11-7-5-8-12-21)24-19-22(27)15-16-26(24)28/h5-16,19-20H,3-4,17-18H2,1-2H3/p+1/b25-20-. The SMILES string of the molecule is CCC[P+](/C=C(/c1ccccc1)c1cc(Cl)ccc1O)(CCC)c1ccccc1. The van der Waals surface area contributed by atoms with Gasteiger partial charge in [-0.3, -0.25) is 0 Å². The molecule has 0 aliphatic heterocycles. The van der Waals surface area contributed by atoms with E-state index in [4.69, 9.17) is 11.6 Å². The van der Waals surface area contributed by atoms with Gasteiger partial charge in [0.1, 0.15) is 5.75 Å². The average Bonchev–Trinajstić information content (AvgIpc) is 2.75. The first-order valence-electron chi connectivity index (χ1n) is 10.3. The third-order valence-electron chi connectivity index (χ3n) is 5.23. The predicted octanol–water partition coefficient (Wildman–Crippen LogP) is 7.60. The second kappa shape index (κ2) is 10.1. The molecule has 1 N–H and O–H groups in total. The van der Waals surface area contributed by atoms with Gasteiger partial charge in [0, 0.05) is 16.2 Å². The fraction of sp³-hybridized carbons (Fsp3) is 0.231. The molecule has 0 heterocycles. The quantitative estimate of drug-likeness (QED) is 0.370. The minimum Gasteiger partial charge on any atom is -0.507 e. The molecule has 3 heteroatoms. The zero-order valence-electron chi connectivity index (χ0n) is 17.2. The summed E-state index contributed by atoms with van der Waals surface area (Å²) in [5.74, 6) is 2.75. The molecule has 29 heavy (non-hydrogen) atoms. The van der Waals surface area contributed by atoms with Crippen molar-refractivity contribution >= 4 is 29.7 Å². The van der Waals surface area contributed by atoms with E-state index in [2.05, 4.69) is 62.1 Å². The molecule has 0 amide bonds. The van der Waals surface area contributed by atoms with E-state index in [0.717, 1.165) is 41.9 Å². The summed E-state index contributed by atoms with van der Waals surface area (Å²) in [6, 6.07) is 26.6. The van der Waals surface area contributed by atoms with Gasteiger partial charge in [-0.25, -0.2) is 0 Å². The fourth-order valence-corrected chi connectivity index (χ4v) is 8.45. The van der Waals surface area contributed by atoms with Crippen LogP contribution in [-0.2, 0) is 0 Å². The molecule has 0 bridgehead atoms. The van der Waals surface area contributed by atoms with Crippen LogP contribution in [0.5, 0.6) is 5.75 Å². The lowest BCUT2D eigenvalue weighted by molar-refractivity contribution is 0.473. The van der Waals surface area contributed by atoms with Gasteiger partial charge < -0.3 is 5.11 Å². The predicted molar refractivity (Wildman–Crippen MR) is 130 cm³/mol. The summed E-state index contributed by atoms with van der Waals surface area (Å²) < 4.78 is 0. The molecule has 150 valence electrons. The molecule has 0 saturated heterocycles. The first-order valence-corrected chi connectivity index (χ1v) is 12.9. The number of benzene rings is 3. The lowest BCUT2D eigenvalue weighted by atomic mass is 9.99. The Kier molecular flexibility index (Phi) is 7.53. The van der Waals surface area contributed by atoms with Crippen molar-refractivity contribution < 1.29 is 5.11 Å². The first kappa shape index (κ1) is 21.6. The van der Waals surface area contributed by atoms with E-state index in [1.165, 1.54) is 5.30 Å². The minimum atomic E-state index is -1.59. The molecular formula is C26H29ClOP+. The van der Waals surface area contributed by atoms with Gasteiger partial charge in [-0.05, 0) is 48.7 Å². The van der Waals surface area contributed by atoms with Gasteiger partial charge in [-0.1, -0.05) is 74.0 Å². The molecule has 0 atom stereocenters. The molecule has 3 aromatic rings. The lowest BCUT2D eigenvalue weighted by Gasteiger charge is -2.25. The van der Waals surface area contributed by atoms with Crippen molar-refractivity contribution in [3.05, 3.63) is 101 Å². The van der Waals surface area contributed by atoms with E-state index in [1.54, 1.807) is 12.1 Å². The molecule has 0 spiro atoms. The summed E-state index contributed by atoms with van der Waals surface area (Å²) in [6.45, 7) is 4.53. The molecule has 0 saturated carbocycles. The smallest absolute Gasteiger partial charge is 0.123 e. The van der Waals surface area contributed by atoms with Crippen molar-refractivity contribution in [3.8, 4) is 5.75 Å². The Balaban J connectivity index is 2.29. The third-order valence-corrected chi connectivity index (χ3v) is 10.0. The number of halogens is 1. The number of phenols is 1. The maximum absolute atomic E-state index is 10.7. The highest BCUT2D eigenvalue weighted by molar-refractivity contribution is 7.85. The largest absolute Gasteiger partial charge is 0.507 e. The molecule has 0 aliphatic rings. The number of hydrogen-bond donors (Lipinski definition) is 1. The van der Waals surface area contributed by atoms with Crippen molar-refractivity contribution in [2.75, 3.05) is 12.3 Å². The summed E-state index contributed by atoms with van der Waals surface area (Å²) >= 11 is 6.33. The van der Waals surface area contributed by atoms with E-state index >= 15 is 0 Å². The Morgan fingerprint density at radius 3 is 2.03 bits per heavy atom. The van der Waals surface area contributed by atoms with E-state index in [0.29, 0.717) is 5.02 Å². The van der Waals surface area contributed by atoms with Crippen LogP contribution in [0.25, 0.3) is 5.57 Å². The van der Waals surface area contributed by atoms with E-state index in [-0.39, 0.29) is 5.75 Å².